The first-order valence-electron chi connectivity index (χ1n) is 6.04. The van der Waals surface area contributed by atoms with Gasteiger partial charge >= 0.3 is 0 Å². The third-order valence-electron chi connectivity index (χ3n) is 2.76. The van der Waals surface area contributed by atoms with E-state index in [-0.39, 0.29) is 11.2 Å². The summed E-state index contributed by atoms with van der Waals surface area (Å²) in [4.78, 5) is 12.7. The summed E-state index contributed by atoms with van der Waals surface area (Å²) in [6.07, 6.45) is 0. The number of aromatic nitrogens is 2. The van der Waals surface area contributed by atoms with Gasteiger partial charge in [-0.3, -0.25) is 15.0 Å². The second-order valence-corrected chi connectivity index (χ2v) is 5.09. The van der Waals surface area contributed by atoms with Crippen molar-refractivity contribution in [2.75, 3.05) is 0 Å². The lowest BCUT2D eigenvalue weighted by Gasteiger charge is -1.94. The van der Waals surface area contributed by atoms with Crippen molar-refractivity contribution >= 4 is 22.7 Å². The number of hydrogen-bond donors (Lipinski definition) is 2. The first-order chi connectivity index (χ1) is 10.3. The number of benzene rings is 1. The lowest BCUT2D eigenvalue weighted by molar-refractivity contribution is 1.06. The van der Waals surface area contributed by atoms with Gasteiger partial charge in [-0.15, -0.1) is 16.5 Å². The fraction of sp³-hybridized carbons (Fsp3) is 0. The molecule has 0 saturated carbocycles. The fourth-order valence-electron chi connectivity index (χ4n) is 1.79. The van der Waals surface area contributed by atoms with Crippen molar-refractivity contribution in [3.8, 4) is 16.6 Å². The molecule has 1 aromatic carbocycles. The van der Waals surface area contributed by atoms with Gasteiger partial charge in [0.2, 0.25) is 0 Å². The number of nitrogens with zero attached hydrogens (tertiary/aromatic N) is 3. The Morgan fingerprint density at radius 2 is 2.05 bits per heavy atom. The molecule has 2 heterocycles. The molecule has 2 aromatic heterocycles. The van der Waals surface area contributed by atoms with Gasteiger partial charge in [0.25, 0.3) is 5.56 Å². The molecule has 0 atom stereocenters. The maximum Gasteiger partial charge on any atom is 0.292 e. The third kappa shape index (κ3) is 2.66. The summed E-state index contributed by atoms with van der Waals surface area (Å²) in [5.41, 5.74) is 1.51. The van der Waals surface area contributed by atoms with Crippen molar-refractivity contribution in [2.24, 2.45) is 10.2 Å². The molecule has 0 radical (unpaired) electrons. The first kappa shape index (κ1) is 13.0. The number of nitriles is 1. The van der Waals surface area contributed by atoms with Crippen molar-refractivity contribution < 1.29 is 0 Å². The maximum absolute atomic E-state index is 11.8. The summed E-state index contributed by atoms with van der Waals surface area (Å²) in [6.45, 7) is 0. The van der Waals surface area contributed by atoms with Crippen LogP contribution < -0.4 is 5.56 Å². The van der Waals surface area contributed by atoms with Crippen LogP contribution in [-0.2, 0) is 0 Å². The SMILES string of the molecule is N#Cc1cccc(N=Nc2c(-c3cccs3)[nH][nH]c2=O)c1. The quantitative estimate of drug-likeness (QED) is 0.720. The largest absolute Gasteiger partial charge is 0.294 e. The molecule has 6 nitrogen and oxygen atoms in total. The summed E-state index contributed by atoms with van der Waals surface area (Å²) in [7, 11) is 0. The van der Waals surface area contributed by atoms with Crippen LogP contribution in [0.2, 0.25) is 0 Å². The van der Waals surface area contributed by atoms with Gasteiger partial charge in [-0.05, 0) is 29.6 Å². The summed E-state index contributed by atoms with van der Waals surface area (Å²) < 4.78 is 0. The Kier molecular flexibility index (Phi) is 3.45. The number of nitrogens with one attached hydrogen (secondary N) is 2. The molecule has 3 rings (SSSR count). The number of hydrogen-bond acceptors (Lipinski definition) is 5. The molecule has 0 aliphatic rings. The van der Waals surface area contributed by atoms with Gasteiger partial charge in [-0.1, -0.05) is 12.1 Å². The highest BCUT2D eigenvalue weighted by Crippen LogP contribution is 2.29. The smallest absolute Gasteiger partial charge is 0.292 e. The molecule has 0 bridgehead atoms. The molecule has 0 saturated heterocycles. The number of rotatable bonds is 3. The molecule has 2 N–H and O–H groups in total. The molecule has 7 heteroatoms. The van der Waals surface area contributed by atoms with Gasteiger partial charge in [-0.2, -0.15) is 10.4 Å². The van der Waals surface area contributed by atoms with Crippen LogP contribution in [-0.4, -0.2) is 10.2 Å². The predicted molar refractivity (Wildman–Crippen MR) is 80.1 cm³/mol. The minimum Gasteiger partial charge on any atom is -0.294 e. The zero-order valence-corrected chi connectivity index (χ0v) is 11.5. The van der Waals surface area contributed by atoms with Crippen molar-refractivity contribution in [2.45, 2.75) is 0 Å². The van der Waals surface area contributed by atoms with Crippen LogP contribution in [0, 0.1) is 11.3 Å². The summed E-state index contributed by atoms with van der Waals surface area (Å²) >= 11 is 1.50. The minimum atomic E-state index is -0.335. The highest BCUT2D eigenvalue weighted by Gasteiger charge is 2.12. The molecule has 0 spiro atoms. The Bertz CT molecular complexity index is 883. The number of aromatic amines is 2. The van der Waals surface area contributed by atoms with Crippen LogP contribution in [0.25, 0.3) is 10.6 Å². The van der Waals surface area contributed by atoms with Crippen LogP contribution in [0.3, 0.4) is 0 Å². The topological polar surface area (TPSA) is 97.2 Å². The van der Waals surface area contributed by atoms with E-state index >= 15 is 0 Å². The van der Waals surface area contributed by atoms with Gasteiger partial charge in [0.15, 0.2) is 5.69 Å². The predicted octanol–water partition coefficient (Wildman–Crippen LogP) is 3.72. The van der Waals surface area contributed by atoms with Crippen molar-refractivity contribution in [3.63, 3.8) is 0 Å². The zero-order valence-electron chi connectivity index (χ0n) is 10.7. The van der Waals surface area contributed by atoms with E-state index in [0.717, 1.165) is 4.88 Å². The van der Waals surface area contributed by atoms with Crippen LogP contribution >= 0.6 is 11.3 Å². The van der Waals surface area contributed by atoms with E-state index < -0.39 is 0 Å². The molecule has 0 unspecified atom stereocenters. The molecule has 102 valence electrons. The van der Waals surface area contributed by atoms with Gasteiger partial charge in [0.1, 0.15) is 5.69 Å². The average Bonchev–Trinajstić information content (AvgIpc) is 3.15. The maximum atomic E-state index is 11.8. The number of H-pyrrole nitrogens is 2. The van der Waals surface area contributed by atoms with E-state index in [1.54, 1.807) is 24.3 Å². The Balaban J connectivity index is 1.99. The molecule has 0 aliphatic heterocycles. The highest BCUT2D eigenvalue weighted by atomic mass is 32.1. The van der Waals surface area contributed by atoms with Crippen molar-refractivity contribution in [1.29, 1.82) is 5.26 Å². The summed E-state index contributed by atoms with van der Waals surface area (Å²) in [6, 6.07) is 12.5. The average molecular weight is 295 g/mol. The molecule has 0 amide bonds. The van der Waals surface area contributed by atoms with Crippen LogP contribution in [0.15, 0.2) is 56.8 Å². The van der Waals surface area contributed by atoms with Crippen LogP contribution in [0.4, 0.5) is 11.4 Å². The van der Waals surface area contributed by atoms with Gasteiger partial charge < -0.3 is 0 Å². The Hall–Kier alpha value is -2.98. The molecule has 0 aliphatic carbocycles. The summed E-state index contributed by atoms with van der Waals surface area (Å²) in [5.74, 6) is 0. The molecule has 3 aromatic rings. The van der Waals surface area contributed by atoms with E-state index in [4.69, 9.17) is 5.26 Å². The van der Waals surface area contributed by atoms with E-state index in [0.29, 0.717) is 16.9 Å². The fourth-order valence-corrected chi connectivity index (χ4v) is 2.52. The molecular formula is C14H9N5OS. The van der Waals surface area contributed by atoms with Gasteiger partial charge in [0.05, 0.1) is 22.2 Å². The molecular weight excluding hydrogens is 286 g/mol. The number of azo groups is 1. The third-order valence-corrected chi connectivity index (χ3v) is 3.65. The highest BCUT2D eigenvalue weighted by molar-refractivity contribution is 7.13. The van der Waals surface area contributed by atoms with E-state index in [1.165, 1.54) is 11.3 Å². The van der Waals surface area contributed by atoms with Crippen molar-refractivity contribution in [1.82, 2.24) is 10.2 Å². The lowest BCUT2D eigenvalue weighted by atomic mass is 10.2. The second kappa shape index (κ2) is 5.56. The van der Waals surface area contributed by atoms with E-state index in [2.05, 4.69) is 20.4 Å². The van der Waals surface area contributed by atoms with Crippen LogP contribution in [0.5, 0.6) is 0 Å². The molecule has 21 heavy (non-hydrogen) atoms. The minimum absolute atomic E-state index is 0.222. The monoisotopic (exact) mass is 295 g/mol. The lowest BCUT2D eigenvalue weighted by Crippen LogP contribution is -1.96. The Labute approximate surface area is 123 Å². The van der Waals surface area contributed by atoms with E-state index in [9.17, 15) is 4.79 Å². The molecule has 0 fully saturated rings. The van der Waals surface area contributed by atoms with Gasteiger partial charge in [0, 0.05) is 0 Å². The standard InChI is InChI=1S/C14H9N5OS/c15-8-9-3-1-4-10(7-9)16-18-13-12(17-19-14(13)20)11-5-2-6-21-11/h1-7H,(H2,17,19,20). The van der Waals surface area contributed by atoms with Crippen LogP contribution in [0.1, 0.15) is 5.56 Å². The summed E-state index contributed by atoms with van der Waals surface area (Å²) in [5, 5.41) is 24.1. The first-order valence-corrected chi connectivity index (χ1v) is 6.92. The Morgan fingerprint density at radius 3 is 2.81 bits per heavy atom. The Morgan fingerprint density at radius 1 is 1.14 bits per heavy atom. The van der Waals surface area contributed by atoms with E-state index in [1.807, 2.05) is 23.6 Å². The van der Waals surface area contributed by atoms with Crippen molar-refractivity contribution in [3.05, 3.63) is 57.7 Å². The zero-order chi connectivity index (χ0) is 14.7. The number of thiophene rings is 1. The second-order valence-electron chi connectivity index (χ2n) is 4.14. The normalized spacial score (nSPS) is 10.8. The van der Waals surface area contributed by atoms with Gasteiger partial charge in [-0.25, -0.2) is 0 Å².